The number of benzene rings is 1. The average molecular weight is 345 g/mol. The Morgan fingerprint density at radius 2 is 1.78 bits per heavy atom. The molecule has 0 heterocycles. The van der Waals surface area contributed by atoms with Crippen molar-refractivity contribution in [1.29, 1.82) is 0 Å². The van der Waals surface area contributed by atoms with E-state index in [1.54, 1.807) is 13.8 Å². The minimum absolute atomic E-state index is 0.0983. The number of aliphatic carboxylic acids is 1. The van der Waals surface area contributed by atoms with Crippen LogP contribution in [0.15, 0.2) is 24.3 Å². The van der Waals surface area contributed by atoms with Crippen LogP contribution in [0.3, 0.4) is 0 Å². The first kappa shape index (κ1) is 19.1. The number of hydrogen-bond donors (Lipinski definition) is 2. The second kappa shape index (κ2) is 8.05. The minimum atomic E-state index is -3.53. The first-order valence-electron chi connectivity index (χ1n) is 7.06. The van der Waals surface area contributed by atoms with E-state index in [0.717, 1.165) is 12.1 Å². The van der Waals surface area contributed by atoms with E-state index in [0.29, 0.717) is 5.56 Å². The number of amides is 1. The number of rotatable bonds is 8. The van der Waals surface area contributed by atoms with Gasteiger partial charge in [-0.2, -0.15) is 0 Å². The molecule has 1 atom stereocenters. The van der Waals surface area contributed by atoms with Gasteiger partial charge in [-0.05, 0) is 23.6 Å². The van der Waals surface area contributed by atoms with E-state index in [2.05, 4.69) is 5.32 Å². The summed E-state index contributed by atoms with van der Waals surface area (Å²) in [6.07, 6.45) is 0. The molecule has 128 valence electrons. The number of carbonyl (C=O) groups is 2. The molecule has 0 bridgehead atoms. The molecule has 2 N–H and O–H groups in total. The highest BCUT2D eigenvalue weighted by Crippen LogP contribution is 2.16. The Labute approximate surface area is 134 Å². The highest BCUT2D eigenvalue weighted by molar-refractivity contribution is 7.92. The Kier molecular flexibility index (Phi) is 6.68. The van der Waals surface area contributed by atoms with E-state index in [9.17, 15) is 27.5 Å². The first-order chi connectivity index (χ1) is 10.6. The van der Waals surface area contributed by atoms with Crippen molar-refractivity contribution in [3.05, 3.63) is 35.6 Å². The molecule has 1 aromatic rings. The molecule has 0 aromatic heterocycles. The summed E-state index contributed by atoms with van der Waals surface area (Å²) in [7, 11) is -3.53. The van der Waals surface area contributed by atoms with Gasteiger partial charge in [-0.3, -0.25) is 9.59 Å². The molecule has 0 radical (unpaired) electrons. The molecule has 0 saturated carbocycles. The molecule has 1 rings (SSSR count). The van der Waals surface area contributed by atoms with Crippen LogP contribution in [-0.2, 0) is 19.4 Å². The SMILES string of the molecule is CC(C)CS(=O)(=O)CC(=O)NCC(C(=O)O)c1ccc(F)cc1. The zero-order chi connectivity index (χ0) is 17.6. The summed E-state index contributed by atoms with van der Waals surface area (Å²) >= 11 is 0. The lowest BCUT2D eigenvalue weighted by Gasteiger charge is -2.14. The Morgan fingerprint density at radius 3 is 2.26 bits per heavy atom. The Morgan fingerprint density at radius 1 is 1.22 bits per heavy atom. The van der Waals surface area contributed by atoms with Gasteiger partial charge in [-0.25, -0.2) is 12.8 Å². The highest BCUT2D eigenvalue weighted by Gasteiger charge is 2.23. The van der Waals surface area contributed by atoms with E-state index < -0.39 is 39.2 Å². The van der Waals surface area contributed by atoms with Crippen LogP contribution in [0.25, 0.3) is 0 Å². The lowest BCUT2D eigenvalue weighted by atomic mass is 9.99. The van der Waals surface area contributed by atoms with E-state index in [1.807, 2.05) is 0 Å². The van der Waals surface area contributed by atoms with Gasteiger partial charge < -0.3 is 10.4 Å². The summed E-state index contributed by atoms with van der Waals surface area (Å²) in [5.41, 5.74) is 0.323. The monoisotopic (exact) mass is 345 g/mol. The van der Waals surface area contributed by atoms with Crippen LogP contribution in [0, 0.1) is 11.7 Å². The maximum atomic E-state index is 12.9. The van der Waals surface area contributed by atoms with Crippen LogP contribution in [0.2, 0.25) is 0 Å². The Bertz CT molecular complexity index is 655. The fourth-order valence-electron chi connectivity index (χ4n) is 2.08. The topological polar surface area (TPSA) is 101 Å². The largest absolute Gasteiger partial charge is 0.481 e. The van der Waals surface area contributed by atoms with Crippen molar-refractivity contribution < 1.29 is 27.5 Å². The number of nitrogens with one attached hydrogen (secondary N) is 1. The average Bonchev–Trinajstić information content (AvgIpc) is 2.38. The van der Waals surface area contributed by atoms with Gasteiger partial charge in [0, 0.05) is 6.54 Å². The third kappa shape index (κ3) is 6.77. The smallest absolute Gasteiger partial charge is 0.312 e. The molecular formula is C15H20FNO5S. The van der Waals surface area contributed by atoms with Gasteiger partial charge in [0.2, 0.25) is 5.91 Å². The summed E-state index contributed by atoms with van der Waals surface area (Å²) in [5, 5.41) is 11.5. The number of sulfone groups is 1. The van der Waals surface area contributed by atoms with Crippen LogP contribution in [0.4, 0.5) is 4.39 Å². The standard InChI is InChI=1S/C15H20FNO5S/c1-10(2)8-23(21,22)9-14(18)17-7-13(15(19)20)11-3-5-12(16)6-4-11/h3-6,10,13H,7-9H2,1-2H3,(H,17,18)(H,19,20). The van der Waals surface area contributed by atoms with Crippen molar-refractivity contribution in [3.8, 4) is 0 Å². The first-order valence-corrected chi connectivity index (χ1v) is 8.88. The number of halogens is 1. The van der Waals surface area contributed by atoms with Gasteiger partial charge >= 0.3 is 5.97 Å². The fourth-order valence-corrected chi connectivity index (χ4v) is 3.71. The highest BCUT2D eigenvalue weighted by atomic mass is 32.2. The molecule has 0 aliphatic rings. The second-order valence-corrected chi connectivity index (χ2v) is 7.80. The summed E-state index contributed by atoms with van der Waals surface area (Å²) < 4.78 is 36.3. The van der Waals surface area contributed by atoms with Crippen molar-refractivity contribution in [2.45, 2.75) is 19.8 Å². The molecule has 0 saturated heterocycles. The van der Waals surface area contributed by atoms with Crippen LogP contribution in [0.1, 0.15) is 25.3 Å². The molecule has 6 nitrogen and oxygen atoms in total. The summed E-state index contributed by atoms with van der Waals surface area (Å²) in [4.78, 5) is 23.0. The maximum absolute atomic E-state index is 12.9. The van der Waals surface area contributed by atoms with Crippen LogP contribution in [0.5, 0.6) is 0 Å². The minimum Gasteiger partial charge on any atom is -0.481 e. The van der Waals surface area contributed by atoms with Gasteiger partial charge in [0.25, 0.3) is 0 Å². The number of carboxylic acids is 1. The summed E-state index contributed by atoms with van der Waals surface area (Å²) in [6.45, 7) is 3.19. The van der Waals surface area contributed by atoms with Gasteiger partial charge in [0.1, 0.15) is 11.6 Å². The summed E-state index contributed by atoms with van der Waals surface area (Å²) in [6, 6.07) is 4.88. The zero-order valence-electron chi connectivity index (χ0n) is 13.0. The van der Waals surface area contributed by atoms with E-state index in [-0.39, 0.29) is 18.2 Å². The number of hydrogen-bond acceptors (Lipinski definition) is 4. The molecule has 23 heavy (non-hydrogen) atoms. The van der Waals surface area contributed by atoms with Crippen molar-refractivity contribution in [2.24, 2.45) is 5.92 Å². The normalized spacial score (nSPS) is 12.9. The Hall–Kier alpha value is -1.96. The van der Waals surface area contributed by atoms with E-state index in [4.69, 9.17) is 0 Å². The molecule has 8 heteroatoms. The van der Waals surface area contributed by atoms with E-state index >= 15 is 0 Å². The lowest BCUT2D eigenvalue weighted by molar-refractivity contribution is -0.138. The number of carboxylic acid groups (broad SMARTS) is 1. The van der Waals surface area contributed by atoms with Gasteiger partial charge in [-0.15, -0.1) is 0 Å². The fraction of sp³-hybridized carbons (Fsp3) is 0.467. The molecule has 0 aliphatic carbocycles. The van der Waals surface area contributed by atoms with E-state index in [1.165, 1.54) is 12.1 Å². The molecular weight excluding hydrogens is 325 g/mol. The van der Waals surface area contributed by atoms with Gasteiger partial charge in [0.15, 0.2) is 9.84 Å². The number of carbonyl (C=O) groups excluding carboxylic acids is 1. The Balaban J connectivity index is 2.67. The molecule has 0 aliphatic heterocycles. The second-order valence-electron chi connectivity index (χ2n) is 5.69. The molecule has 0 spiro atoms. The molecule has 1 amide bonds. The van der Waals surface area contributed by atoms with Crippen LogP contribution < -0.4 is 5.32 Å². The van der Waals surface area contributed by atoms with Crippen LogP contribution in [-0.4, -0.2) is 43.5 Å². The van der Waals surface area contributed by atoms with Gasteiger partial charge in [0.05, 0.1) is 11.7 Å². The predicted octanol–water partition coefficient (Wildman–Crippen LogP) is 1.18. The third-order valence-corrected chi connectivity index (χ3v) is 4.89. The van der Waals surface area contributed by atoms with Crippen molar-refractivity contribution in [2.75, 3.05) is 18.1 Å². The maximum Gasteiger partial charge on any atom is 0.312 e. The summed E-state index contributed by atoms with van der Waals surface area (Å²) in [5.74, 6) is -4.41. The lowest BCUT2D eigenvalue weighted by Crippen LogP contribution is -2.36. The van der Waals surface area contributed by atoms with Crippen molar-refractivity contribution in [1.82, 2.24) is 5.32 Å². The van der Waals surface area contributed by atoms with Gasteiger partial charge in [-0.1, -0.05) is 26.0 Å². The van der Waals surface area contributed by atoms with Crippen molar-refractivity contribution in [3.63, 3.8) is 0 Å². The third-order valence-electron chi connectivity index (χ3n) is 3.01. The zero-order valence-corrected chi connectivity index (χ0v) is 13.8. The van der Waals surface area contributed by atoms with Crippen LogP contribution >= 0.6 is 0 Å². The molecule has 0 fully saturated rings. The quantitative estimate of drug-likeness (QED) is 0.737. The van der Waals surface area contributed by atoms with Crippen molar-refractivity contribution >= 4 is 21.7 Å². The molecule has 1 unspecified atom stereocenters. The molecule has 1 aromatic carbocycles. The predicted molar refractivity (Wildman–Crippen MR) is 83.3 cm³/mol.